The van der Waals surface area contributed by atoms with Gasteiger partial charge >= 0.3 is 0 Å². The molecule has 5 rings (SSSR count). The largest absolute Gasteiger partial charge is 0.478 e. The van der Waals surface area contributed by atoms with Crippen molar-refractivity contribution in [1.29, 1.82) is 5.26 Å². The van der Waals surface area contributed by atoms with E-state index in [1.807, 2.05) is 13.8 Å². The van der Waals surface area contributed by atoms with Gasteiger partial charge in [0, 0.05) is 32.7 Å². The van der Waals surface area contributed by atoms with Crippen LogP contribution in [0, 0.1) is 46.2 Å². The molecule has 3 heterocycles. The molecule has 0 radical (unpaired) electrons. The van der Waals surface area contributed by atoms with Crippen molar-refractivity contribution in [2.24, 2.45) is 29.1 Å². The summed E-state index contributed by atoms with van der Waals surface area (Å²) in [7, 11) is 1.49. The van der Waals surface area contributed by atoms with Crippen LogP contribution in [0.1, 0.15) is 40.5 Å². The zero-order valence-corrected chi connectivity index (χ0v) is 24.6. The lowest BCUT2D eigenvalue weighted by Gasteiger charge is -2.37. The van der Waals surface area contributed by atoms with E-state index in [-0.39, 0.29) is 58.8 Å². The van der Waals surface area contributed by atoms with Gasteiger partial charge in [0.2, 0.25) is 17.7 Å². The Labute approximate surface area is 244 Å². The molecule has 2 N–H and O–H groups in total. The topological polar surface area (TPSA) is 141 Å². The summed E-state index contributed by atoms with van der Waals surface area (Å²) in [5.74, 6) is -2.26. The monoisotopic (exact) mass is 583 g/mol. The molecule has 3 fully saturated rings. The highest BCUT2D eigenvalue weighted by Crippen LogP contribution is 2.65. The molecule has 12 heteroatoms. The Balaban J connectivity index is 1.32. The number of nitrogens with one attached hydrogen (secondary N) is 2. The number of fused-ring (bicyclic) bond motifs is 2. The van der Waals surface area contributed by atoms with E-state index in [2.05, 4.69) is 30.6 Å². The number of hydrogen-bond donors (Lipinski definition) is 2. The molecule has 0 bridgehead atoms. The summed E-state index contributed by atoms with van der Waals surface area (Å²) in [5, 5.41) is 15.5. The van der Waals surface area contributed by atoms with Crippen LogP contribution < -0.4 is 15.4 Å². The van der Waals surface area contributed by atoms with Gasteiger partial charge in [0.15, 0.2) is 6.10 Å². The third kappa shape index (κ3) is 5.30. The van der Waals surface area contributed by atoms with Gasteiger partial charge in [-0.2, -0.15) is 5.26 Å². The first-order valence-electron chi connectivity index (χ1n) is 14.5. The lowest BCUT2D eigenvalue weighted by Crippen LogP contribution is -2.58. The first-order valence-corrected chi connectivity index (χ1v) is 14.5. The van der Waals surface area contributed by atoms with Crippen molar-refractivity contribution in [3.63, 3.8) is 0 Å². The van der Waals surface area contributed by atoms with Gasteiger partial charge in [0.1, 0.15) is 29.7 Å². The fourth-order valence-corrected chi connectivity index (χ4v) is 6.64. The number of carbonyl (C=O) groups excluding carboxylic acids is 4. The van der Waals surface area contributed by atoms with Crippen LogP contribution in [0.4, 0.5) is 10.1 Å². The van der Waals surface area contributed by atoms with Crippen LogP contribution in [0.2, 0.25) is 0 Å². The minimum absolute atomic E-state index is 0.0986. The highest BCUT2D eigenvalue weighted by atomic mass is 19.1. The molecule has 1 saturated carbocycles. The molecule has 0 spiro atoms. The van der Waals surface area contributed by atoms with Gasteiger partial charge in [-0.25, -0.2) is 4.39 Å². The van der Waals surface area contributed by atoms with Crippen molar-refractivity contribution < 1.29 is 33.0 Å². The van der Waals surface area contributed by atoms with Gasteiger partial charge < -0.3 is 29.9 Å². The maximum atomic E-state index is 14.1. The highest BCUT2D eigenvalue weighted by molar-refractivity contribution is 5.98. The van der Waals surface area contributed by atoms with Crippen LogP contribution in [0.5, 0.6) is 5.75 Å². The molecule has 2 unspecified atom stereocenters. The number of ether oxygens (including phenoxy) is 2. The second-order valence-electron chi connectivity index (χ2n) is 12.7. The molecule has 11 nitrogen and oxygen atoms in total. The molecule has 1 aromatic carbocycles. The summed E-state index contributed by atoms with van der Waals surface area (Å²) >= 11 is 0. The lowest BCUT2D eigenvalue weighted by atomic mass is 9.96. The van der Waals surface area contributed by atoms with Gasteiger partial charge in [-0.15, -0.1) is 0 Å². The third-order valence-corrected chi connectivity index (χ3v) is 9.44. The van der Waals surface area contributed by atoms with Crippen LogP contribution in [0.15, 0.2) is 18.2 Å². The molecule has 1 aromatic rings. The van der Waals surface area contributed by atoms with Crippen molar-refractivity contribution >= 4 is 29.3 Å². The Morgan fingerprint density at radius 1 is 1.31 bits per heavy atom. The lowest BCUT2D eigenvalue weighted by molar-refractivity contribution is -0.148. The van der Waals surface area contributed by atoms with Crippen LogP contribution in [0.25, 0.3) is 0 Å². The number of piperidine rings is 1. The number of nitriles is 1. The Kier molecular flexibility index (Phi) is 7.91. The van der Waals surface area contributed by atoms with E-state index < -0.39 is 41.9 Å². The summed E-state index contributed by atoms with van der Waals surface area (Å²) in [6.45, 7) is 9.04. The van der Waals surface area contributed by atoms with Crippen molar-refractivity contribution in [2.45, 2.75) is 64.8 Å². The third-order valence-electron chi connectivity index (χ3n) is 9.44. The van der Waals surface area contributed by atoms with Crippen molar-refractivity contribution in [3.05, 3.63) is 24.0 Å². The molecular formula is C30H38FN5O6. The first kappa shape index (κ1) is 29.8. The van der Waals surface area contributed by atoms with Gasteiger partial charge in [-0.3, -0.25) is 19.2 Å². The standard InChI is InChI=1S/C30H38FN5O6/c1-15(2)24(34-26(37)16-8-9-41-14-16)28(39)36-13-19-23(30(19,3)4)25(36)29(40)35(5)18(12-32)11-22-27(38)33-20-10-17(31)6-7-21(20)42-22/h6-7,10,15-16,18-19,22-25H,8-9,11,13-14H2,1-5H3,(H,33,38)(H,34,37)/t16-,18?,19-,22-,23-,24?,25-/m0/s1. The summed E-state index contributed by atoms with van der Waals surface area (Å²) in [5.41, 5.74) is 0.0342. The second kappa shape index (κ2) is 11.2. The molecule has 4 aliphatic rings. The van der Waals surface area contributed by atoms with Crippen LogP contribution >= 0.6 is 0 Å². The Morgan fingerprint density at radius 2 is 2.05 bits per heavy atom. The average Bonchev–Trinajstić information content (AvgIpc) is 3.40. The fraction of sp³-hybridized carbons (Fsp3) is 0.633. The van der Waals surface area contributed by atoms with Crippen LogP contribution in [-0.2, 0) is 23.9 Å². The van der Waals surface area contributed by atoms with Gasteiger partial charge in [-0.05, 0) is 41.7 Å². The Hall–Kier alpha value is -3.72. The predicted molar refractivity (Wildman–Crippen MR) is 148 cm³/mol. The normalized spacial score (nSPS) is 28.5. The summed E-state index contributed by atoms with van der Waals surface area (Å²) in [4.78, 5) is 56.4. The number of likely N-dealkylation sites (tertiary alicyclic amines) is 1. The highest BCUT2D eigenvalue weighted by Gasteiger charge is 2.70. The number of rotatable bonds is 8. The molecule has 2 saturated heterocycles. The Morgan fingerprint density at radius 3 is 2.69 bits per heavy atom. The quantitative estimate of drug-likeness (QED) is 0.476. The minimum atomic E-state index is -1.07. The molecule has 1 aliphatic carbocycles. The number of amides is 4. The van der Waals surface area contributed by atoms with Crippen molar-refractivity contribution in [3.8, 4) is 11.8 Å². The van der Waals surface area contributed by atoms with Crippen LogP contribution in [-0.4, -0.2) is 84.5 Å². The number of anilines is 1. The fourth-order valence-electron chi connectivity index (χ4n) is 6.64. The summed E-state index contributed by atoms with van der Waals surface area (Å²) < 4.78 is 24.7. The van der Waals surface area contributed by atoms with Gasteiger partial charge in [-0.1, -0.05) is 27.7 Å². The number of nitrogens with zero attached hydrogens (tertiary/aromatic N) is 3. The molecular weight excluding hydrogens is 545 g/mol. The van der Waals surface area contributed by atoms with E-state index in [0.717, 1.165) is 6.07 Å². The van der Waals surface area contributed by atoms with E-state index in [1.54, 1.807) is 4.90 Å². The smallest absolute Gasteiger partial charge is 0.265 e. The van der Waals surface area contributed by atoms with E-state index in [1.165, 1.54) is 24.1 Å². The molecule has 7 atom stereocenters. The molecule has 42 heavy (non-hydrogen) atoms. The van der Waals surface area contributed by atoms with E-state index in [9.17, 15) is 28.8 Å². The SMILES string of the molecule is CC(C)C(NC(=O)[C@H]1CCOC1)C(=O)N1C[C@H]2[C@@H]([C@H]1C(=O)N(C)C(C#N)C[C@@H]1Oc3ccc(F)cc3NC1=O)C2(C)C. The number of benzene rings is 1. The Bertz CT molecular complexity index is 1320. The van der Waals surface area contributed by atoms with Crippen LogP contribution in [0.3, 0.4) is 0 Å². The number of likely N-dealkylation sites (N-methyl/N-ethyl adjacent to an activating group) is 1. The minimum Gasteiger partial charge on any atom is -0.478 e. The van der Waals surface area contributed by atoms with E-state index >= 15 is 0 Å². The predicted octanol–water partition coefficient (Wildman–Crippen LogP) is 1.93. The number of hydrogen-bond acceptors (Lipinski definition) is 7. The molecule has 0 aromatic heterocycles. The zero-order chi connectivity index (χ0) is 30.5. The van der Waals surface area contributed by atoms with Crippen molar-refractivity contribution in [2.75, 3.05) is 32.1 Å². The van der Waals surface area contributed by atoms with E-state index in [0.29, 0.717) is 26.2 Å². The van der Waals surface area contributed by atoms with Gasteiger partial charge in [0.05, 0.1) is 24.3 Å². The number of carbonyl (C=O) groups is 4. The van der Waals surface area contributed by atoms with Crippen molar-refractivity contribution in [1.82, 2.24) is 15.1 Å². The number of halogens is 1. The summed E-state index contributed by atoms with van der Waals surface area (Å²) in [6.07, 6.45) is -0.595. The maximum Gasteiger partial charge on any atom is 0.265 e. The maximum absolute atomic E-state index is 14.1. The zero-order valence-electron chi connectivity index (χ0n) is 24.6. The van der Waals surface area contributed by atoms with Gasteiger partial charge in [0.25, 0.3) is 5.91 Å². The molecule has 3 aliphatic heterocycles. The van der Waals surface area contributed by atoms with E-state index in [4.69, 9.17) is 9.47 Å². The molecule has 226 valence electrons. The second-order valence-corrected chi connectivity index (χ2v) is 12.7. The summed E-state index contributed by atoms with van der Waals surface area (Å²) in [6, 6.07) is 3.21. The average molecular weight is 584 g/mol. The molecule has 4 amide bonds. The first-order chi connectivity index (χ1) is 19.8.